The van der Waals surface area contributed by atoms with Gasteiger partial charge in [-0.25, -0.2) is 9.37 Å². The van der Waals surface area contributed by atoms with E-state index in [1.165, 1.54) is 33.3 Å². The van der Waals surface area contributed by atoms with Crippen molar-refractivity contribution < 1.29 is 18.4 Å². The van der Waals surface area contributed by atoms with E-state index in [4.69, 9.17) is 21.0 Å². The predicted octanol–water partition coefficient (Wildman–Crippen LogP) is 6.65. The van der Waals surface area contributed by atoms with Crippen molar-refractivity contribution in [1.29, 1.82) is 0 Å². The van der Waals surface area contributed by atoms with Gasteiger partial charge < -0.3 is 9.32 Å². The fraction of sp³-hybridized carbons (Fsp3) is 0.0625. The highest BCUT2D eigenvalue weighted by Gasteiger charge is 2.66. The average Bonchev–Trinajstić information content (AvgIpc) is 3.60. The van der Waals surface area contributed by atoms with Crippen LogP contribution in [-0.2, 0) is 16.9 Å². The Morgan fingerprint density at radius 3 is 2.52 bits per heavy atom. The molecular weight excluding hydrogens is 577 g/mol. The molecule has 2 amide bonds. The standard InChI is InChI=1S/C32H17ClFN3O4S/c33-18-11-14-22-25(15-18)42-31(35-22)37-29(39)28-26(27(38)20-5-1-4-8-24(20)41-28)32(37)21-6-2-3-7-23(21)36(30(32)40)16-17-9-12-19(34)13-10-17/h1-15H,16H2. The molecule has 0 aliphatic carbocycles. The molecule has 4 aromatic carbocycles. The summed E-state index contributed by atoms with van der Waals surface area (Å²) in [6.45, 7) is 0.0869. The molecule has 10 heteroatoms. The number of nitrogens with zero attached hydrogens (tertiary/aromatic N) is 3. The second-order valence-electron chi connectivity index (χ2n) is 10.1. The first-order valence-electron chi connectivity index (χ1n) is 13.0. The van der Waals surface area contributed by atoms with Crippen LogP contribution in [-0.4, -0.2) is 16.8 Å². The van der Waals surface area contributed by atoms with Crippen LogP contribution in [0.2, 0.25) is 5.02 Å². The minimum atomic E-state index is -1.88. The maximum absolute atomic E-state index is 14.9. The number of para-hydroxylation sites is 2. The third-order valence-electron chi connectivity index (χ3n) is 7.82. The van der Waals surface area contributed by atoms with Crippen LogP contribution in [0.5, 0.6) is 0 Å². The topological polar surface area (TPSA) is 83.7 Å². The summed E-state index contributed by atoms with van der Waals surface area (Å²) in [5, 5.41) is 0.974. The molecule has 0 bridgehead atoms. The maximum Gasteiger partial charge on any atom is 0.297 e. The molecule has 8 rings (SSSR count). The van der Waals surface area contributed by atoms with Gasteiger partial charge in [0, 0.05) is 10.6 Å². The summed E-state index contributed by atoms with van der Waals surface area (Å²) in [7, 11) is 0. The van der Waals surface area contributed by atoms with Crippen LogP contribution in [0, 0.1) is 5.82 Å². The molecule has 2 aliphatic rings. The van der Waals surface area contributed by atoms with Crippen molar-refractivity contribution in [1.82, 2.24) is 4.98 Å². The molecule has 42 heavy (non-hydrogen) atoms. The Morgan fingerprint density at radius 2 is 1.69 bits per heavy atom. The molecule has 1 atom stereocenters. The number of thiazole rings is 1. The highest BCUT2D eigenvalue weighted by atomic mass is 35.5. The van der Waals surface area contributed by atoms with Crippen molar-refractivity contribution in [2.45, 2.75) is 12.1 Å². The van der Waals surface area contributed by atoms with Gasteiger partial charge in [-0.3, -0.25) is 19.3 Å². The highest BCUT2D eigenvalue weighted by Crippen LogP contribution is 2.55. The van der Waals surface area contributed by atoms with E-state index in [9.17, 15) is 18.8 Å². The van der Waals surface area contributed by atoms with E-state index >= 15 is 0 Å². The van der Waals surface area contributed by atoms with Crippen LogP contribution in [0.3, 0.4) is 0 Å². The van der Waals surface area contributed by atoms with Gasteiger partial charge in [-0.15, -0.1) is 0 Å². The number of amides is 2. The molecule has 0 saturated carbocycles. The molecule has 7 nitrogen and oxygen atoms in total. The maximum atomic E-state index is 14.9. The third-order valence-corrected chi connectivity index (χ3v) is 9.05. The van der Waals surface area contributed by atoms with E-state index in [-0.39, 0.29) is 34.0 Å². The van der Waals surface area contributed by atoms with Gasteiger partial charge >= 0.3 is 0 Å². The summed E-state index contributed by atoms with van der Waals surface area (Å²) in [5.74, 6) is -1.77. The normalized spacial score (nSPS) is 17.6. The zero-order valence-corrected chi connectivity index (χ0v) is 23.1. The second kappa shape index (κ2) is 8.82. The minimum Gasteiger partial charge on any atom is -0.450 e. The van der Waals surface area contributed by atoms with Gasteiger partial charge in [-0.1, -0.05) is 65.4 Å². The monoisotopic (exact) mass is 593 g/mol. The molecule has 1 spiro atoms. The summed E-state index contributed by atoms with van der Waals surface area (Å²) >= 11 is 7.44. The Kier molecular flexibility index (Phi) is 5.23. The first-order valence-corrected chi connectivity index (χ1v) is 14.2. The smallest absolute Gasteiger partial charge is 0.297 e. The van der Waals surface area contributed by atoms with E-state index in [1.807, 2.05) is 0 Å². The summed E-state index contributed by atoms with van der Waals surface area (Å²) in [5.41, 5.74) is 0.0623. The number of hydrogen-bond acceptors (Lipinski definition) is 6. The first kappa shape index (κ1) is 24.9. The second-order valence-corrected chi connectivity index (χ2v) is 11.6. The van der Waals surface area contributed by atoms with Crippen molar-refractivity contribution >= 4 is 66.8 Å². The van der Waals surface area contributed by atoms with Crippen molar-refractivity contribution in [3.05, 3.63) is 135 Å². The summed E-state index contributed by atoms with van der Waals surface area (Å²) < 4.78 is 20.5. The van der Waals surface area contributed by atoms with Gasteiger partial charge in [0.25, 0.3) is 11.8 Å². The molecule has 4 heterocycles. The van der Waals surface area contributed by atoms with Gasteiger partial charge in [0.05, 0.1) is 33.4 Å². The van der Waals surface area contributed by atoms with Gasteiger partial charge in [-0.2, -0.15) is 0 Å². The van der Waals surface area contributed by atoms with E-state index in [0.717, 1.165) is 0 Å². The Balaban J connectivity index is 1.44. The largest absolute Gasteiger partial charge is 0.450 e. The van der Waals surface area contributed by atoms with Crippen LogP contribution in [0.4, 0.5) is 15.2 Å². The number of carbonyl (C=O) groups excluding carboxylic acids is 2. The molecule has 0 radical (unpaired) electrons. The molecule has 2 aromatic heterocycles. The van der Waals surface area contributed by atoms with Crippen molar-refractivity contribution in [3.8, 4) is 0 Å². The fourth-order valence-corrected chi connectivity index (χ4v) is 7.31. The molecular formula is C32H17ClFN3O4S. The summed E-state index contributed by atoms with van der Waals surface area (Å²) in [6.07, 6.45) is 0. The molecule has 204 valence electrons. The van der Waals surface area contributed by atoms with Crippen molar-refractivity contribution in [2.24, 2.45) is 0 Å². The average molecular weight is 594 g/mol. The zero-order chi connectivity index (χ0) is 28.7. The van der Waals surface area contributed by atoms with Crippen LogP contribution >= 0.6 is 22.9 Å². The number of anilines is 2. The predicted molar refractivity (Wildman–Crippen MR) is 159 cm³/mol. The highest BCUT2D eigenvalue weighted by molar-refractivity contribution is 7.22. The summed E-state index contributed by atoms with van der Waals surface area (Å²) in [4.78, 5) is 51.2. The Labute approximate surface area is 246 Å². The van der Waals surface area contributed by atoms with Crippen LogP contribution < -0.4 is 15.2 Å². The number of fused-ring (bicyclic) bond motifs is 6. The van der Waals surface area contributed by atoms with Crippen LogP contribution in [0.25, 0.3) is 21.2 Å². The van der Waals surface area contributed by atoms with Gasteiger partial charge in [0.1, 0.15) is 11.4 Å². The lowest BCUT2D eigenvalue weighted by molar-refractivity contribution is -0.121. The number of halogens is 2. The van der Waals surface area contributed by atoms with Crippen LogP contribution in [0.15, 0.2) is 100 Å². The Morgan fingerprint density at radius 1 is 0.929 bits per heavy atom. The number of benzene rings is 4. The Bertz CT molecular complexity index is 2200. The molecule has 2 aliphatic heterocycles. The van der Waals surface area contributed by atoms with Gasteiger partial charge in [0.2, 0.25) is 5.76 Å². The molecule has 0 fully saturated rings. The number of hydrogen-bond donors (Lipinski definition) is 0. The van der Waals surface area contributed by atoms with Gasteiger partial charge in [0.15, 0.2) is 16.1 Å². The van der Waals surface area contributed by atoms with Crippen molar-refractivity contribution in [2.75, 3.05) is 9.80 Å². The molecule has 0 saturated heterocycles. The zero-order valence-electron chi connectivity index (χ0n) is 21.5. The number of carbonyl (C=O) groups is 2. The van der Waals surface area contributed by atoms with E-state index in [0.29, 0.717) is 32.1 Å². The van der Waals surface area contributed by atoms with E-state index in [1.54, 1.807) is 78.9 Å². The number of rotatable bonds is 3. The lowest BCUT2D eigenvalue weighted by Gasteiger charge is -2.32. The fourth-order valence-electron chi connectivity index (χ4n) is 6.02. The minimum absolute atomic E-state index is 0.0532. The lowest BCUT2D eigenvalue weighted by atomic mass is 9.84. The van der Waals surface area contributed by atoms with Crippen LogP contribution in [0.1, 0.15) is 27.2 Å². The first-order chi connectivity index (χ1) is 20.4. The molecule has 6 aromatic rings. The summed E-state index contributed by atoms with van der Waals surface area (Å²) in [6, 6.07) is 24.7. The Hall–Kier alpha value is -4.86. The quantitative estimate of drug-likeness (QED) is 0.229. The lowest BCUT2D eigenvalue weighted by Crippen LogP contribution is -2.53. The van der Waals surface area contributed by atoms with Crippen molar-refractivity contribution in [3.63, 3.8) is 0 Å². The molecule has 0 N–H and O–H groups in total. The van der Waals surface area contributed by atoms with E-state index in [2.05, 4.69) is 0 Å². The third kappa shape index (κ3) is 3.26. The van der Waals surface area contributed by atoms with Gasteiger partial charge in [-0.05, 0) is 54.1 Å². The van der Waals surface area contributed by atoms with E-state index < -0.39 is 28.6 Å². The SMILES string of the molecule is O=C1c2oc3ccccc3c(=O)c2C2(C(=O)N(Cc3ccc(F)cc3)c3ccccc32)N1c1nc2ccc(Cl)cc2s1. The molecule has 1 unspecified atom stereocenters. The number of aromatic nitrogens is 1.